The molecule has 0 saturated heterocycles. The van der Waals surface area contributed by atoms with Crippen LogP contribution < -0.4 is 14.2 Å². The summed E-state index contributed by atoms with van der Waals surface area (Å²) in [4.78, 5) is 2.84. The molecule has 0 saturated carbocycles. The second-order valence-electron chi connectivity index (χ2n) is 7.35. The summed E-state index contributed by atoms with van der Waals surface area (Å²) in [5.74, 6) is -1.86. The molecule has 0 aliphatic carbocycles. The fourth-order valence-corrected chi connectivity index (χ4v) is 4.94. The lowest BCUT2D eigenvalue weighted by molar-refractivity contribution is 0.350. The molecule has 4 aromatic rings. The average molecular weight is 473 g/mol. The summed E-state index contributed by atoms with van der Waals surface area (Å²) in [6.07, 6.45) is 1.82. The molecule has 1 atom stereocenters. The number of hydrogen-bond acceptors (Lipinski definition) is 4. The SMILES string of the molecule is COc1cccc([C@H](CNS(=O)(=O)c2ccc(F)c(F)c2)c2c[nH]c3ccccc23)c1OC. The number of ether oxygens (including phenoxy) is 2. The van der Waals surface area contributed by atoms with E-state index in [2.05, 4.69) is 9.71 Å². The van der Waals surface area contributed by atoms with Gasteiger partial charge in [-0.1, -0.05) is 30.3 Å². The maximum absolute atomic E-state index is 13.7. The molecule has 1 heterocycles. The fraction of sp³-hybridized carbons (Fsp3) is 0.167. The number of hydrogen-bond donors (Lipinski definition) is 2. The molecule has 0 aliphatic rings. The number of sulfonamides is 1. The Bertz CT molecular complexity index is 1400. The molecule has 0 fully saturated rings. The van der Waals surface area contributed by atoms with Gasteiger partial charge >= 0.3 is 0 Å². The van der Waals surface area contributed by atoms with Crippen LogP contribution in [0.3, 0.4) is 0 Å². The van der Waals surface area contributed by atoms with E-state index in [1.807, 2.05) is 36.5 Å². The van der Waals surface area contributed by atoms with E-state index in [-0.39, 0.29) is 11.4 Å². The van der Waals surface area contributed by atoms with Crippen molar-refractivity contribution in [3.8, 4) is 11.5 Å². The highest BCUT2D eigenvalue weighted by Gasteiger charge is 2.26. The van der Waals surface area contributed by atoms with Crippen LogP contribution in [0.25, 0.3) is 10.9 Å². The largest absolute Gasteiger partial charge is 0.493 e. The van der Waals surface area contributed by atoms with Gasteiger partial charge in [0.05, 0.1) is 19.1 Å². The van der Waals surface area contributed by atoms with Crippen LogP contribution in [0.1, 0.15) is 17.0 Å². The number of aromatic amines is 1. The Morgan fingerprint density at radius 1 is 0.939 bits per heavy atom. The third-order valence-electron chi connectivity index (χ3n) is 5.48. The van der Waals surface area contributed by atoms with Gasteiger partial charge in [-0.25, -0.2) is 21.9 Å². The minimum Gasteiger partial charge on any atom is -0.493 e. The predicted octanol–water partition coefficient (Wildman–Crippen LogP) is 4.57. The quantitative estimate of drug-likeness (QED) is 0.394. The lowest BCUT2D eigenvalue weighted by Gasteiger charge is -2.22. The first-order valence-corrected chi connectivity index (χ1v) is 11.6. The highest BCUT2D eigenvalue weighted by molar-refractivity contribution is 7.89. The van der Waals surface area contributed by atoms with Crippen molar-refractivity contribution in [1.29, 1.82) is 0 Å². The summed E-state index contributed by atoms with van der Waals surface area (Å²) >= 11 is 0. The Hall–Kier alpha value is -3.43. The van der Waals surface area contributed by atoms with Crippen molar-refractivity contribution in [3.05, 3.63) is 89.6 Å². The monoisotopic (exact) mass is 472 g/mol. The molecule has 0 aliphatic heterocycles. The van der Waals surface area contributed by atoms with Crippen molar-refractivity contribution < 1.29 is 26.7 Å². The smallest absolute Gasteiger partial charge is 0.240 e. The molecule has 2 N–H and O–H groups in total. The Balaban J connectivity index is 1.78. The average Bonchev–Trinajstić information content (AvgIpc) is 3.24. The van der Waals surface area contributed by atoms with E-state index < -0.39 is 27.6 Å². The van der Waals surface area contributed by atoms with E-state index in [1.165, 1.54) is 14.2 Å². The van der Waals surface area contributed by atoms with Crippen LogP contribution in [0.15, 0.2) is 71.8 Å². The van der Waals surface area contributed by atoms with Crippen LogP contribution in [0.5, 0.6) is 11.5 Å². The van der Waals surface area contributed by atoms with Crippen LogP contribution >= 0.6 is 0 Å². The van der Waals surface area contributed by atoms with E-state index in [1.54, 1.807) is 12.1 Å². The molecule has 0 spiro atoms. The maximum Gasteiger partial charge on any atom is 0.240 e. The molecule has 0 amide bonds. The zero-order chi connectivity index (χ0) is 23.6. The van der Waals surface area contributed by atoms with Gasteiger partial charge in [-0.3, -0.25) is 0 Å². The number of H-pyrrole nitrogens is 1. The summed E-state index contributed by atoms with van der Waals surface area (Å²) in [7, 11) is -1.09. The molecule has 0 unspecified atom stereocenters. The molecule has 3 aromatic carbocycles. The van der Waals surface area contributed by atoms with Crippen molar-refractivity contribution >= 4 is 20.9 Å². The molecule has 172 valence electrons. The van der Waals surface area contributed by atoms with Gasteiger partial charge in [0.1, 0.15) is 0 Å². The number of nitrogens with one attached hydrogen (secondary N) is 2. The normalized spacial score (nSPS) is 12.6. The first-order valence-electron chi connectivity index (χ1n) is 10.1. The molecule has 33 heavy (non-hydrogen) atoms. The number of aromatic nitrogens is 1. The Kier molecular flexibility index (Phi) is 6.35. The van der Waals surface area contributed by atoms with Gasteiger partial charge in [-0.05, 0) is 35.9 Å². The molecule has 0 bridgehead atoms. The van der Waals surface area contributed by atoms with Gasteiger partial charge in [0.25, 0.3) is 0 Å². The lowest BCUT2D eigenvalue weighted by Crippen LogP contribution is -2.29. The second-order valence-corrected chi connectivity index (χ2v) is 9.12. The molecule has 9 heteroatoms. The van der Waals surface area contributed by atoms with Gasteiger partial charge in [-0.2, -0.15) is 0 Å². The topological polar surface area (TPSA) is 80.4 Å². The van der Waals surface area contributed by atoms with E-state index in [0.717, 1.165) is 28.6 Å². The van der Waals surface area contributed by atoms with Crippen molar-refractivity contribution in [2.75, 3.05) is 20.8 Å². The summed E-state index contributed by atoms with van der Waals surface area (Å²) in [6.45, 7) is -0.0628. The Morgan fingerprint density at radius 3 is 2.45 bits per heavy atom. The summed E-state index contributed by atoms with van der Waals surface area (Å²) in [5, 5.41) is 0.916. The van der Waals surface area contributed by atoms with Crippen LogP contribution in [0, 0.1) is 11.6 Å². The highest BCUT2D eigenvalue weighted by Crippen LogP contribution is 2.40. The molecule has 1 aromatic heterocycles. The minimum absolute atomic E-state index is 0.0628. The number of methoxy groups -OCH3 is 2. The van der Waals surface area contributed by atoms with Crippen LogP contribution in [0.4, 0.5) is 8.78 Å². The van der Waals surface area contributed by atoms with Crippen molar-refractivity contribution in [2.24, 2.45) is 0 Å². The standard InChI is InChI=1S/C24H22F2N2O4S/c1-31-23-9-5-7-17(24(23)32-2)19(18-13-27-22-8-4-3-6-16(18)22)14-28-33(29,30)15-10-11-20(25)21(26)12-15/h3-13,19,27-28H,14H2,1-2H3/t19-/m0/s1. The number of fused-ring (bicyclic) bond motifs is 1. The number of rotatable bonds is 8. The van der Waals surface area contributed by atoms with Gasteiger partial charge in [0.2, 0.25) is 10.0 Å². The van der Waals surface area contributed by atoms with Crippen LogP contribution in [-0.4, -0.2) is 34.2 Å². The molecular weight excluding hydrogens is 450 g/mol. The second kappa shape index (κ2) is 9.21. The van der Waals surface area contributed by atoms with E-state index in [4.69, 9.17) is 9.47 Å². The summed E-state index contributed by atoms with van der Waals surface area (Å²) in [6, 6.07) is 15.5. The molecule has 0 radical (unpaired) electrons. The number of para-hydroxylation sites is 2. The van der Waals surface area contributed by atoms with Gasteiger partial charge < -0.3 is 14.5 Å². The third-order valence-corrected chi connectivity index (χ3v) is 6.91. The van der Waals surface area contributed by atoms with E-state index in [9.17, 15) is 17.2 Å². The van der Waals surface area contributed by atoms with Crippen LogP contribution in [0.2, 0.25) is 0 Å². The Morgan fingerprint density at radius 2 is 1.73 bits per heavy atom. The zero-order valence-electron chi connectivity index (χ0n) is 17.9. The minimum atomic E-state index is -4.12. The molecule has 4 rings (SSSR count). The first kappa shape index (κ1) is 22.8. The zero-order valence-corrected chi connectivity index (χ0v) is 18.7. The number of benzene rings is 3. The van der Waals surface area contributed by atoms with Crippen molar-refractivity contribution in [3.63, 3.8) is 0 Å². The Labute approximate surface area is 190 Å². The first-order chi connectivity index (χ1) is 15.9. The maximum atomic E-state index is 13.7. The van der Waals surface area contributed by atoms with Gasteiger partial charge in [0.15, 0.2) is 23.1 Å². The van der Waals surface area contributed by atoms with Gasteiger partial charge in [0, 0.05) is 35.1 Å². The van der Waals surface area contributed by atoms with E-state index in [0.29, 0.717) is 23.1 Å². The van der Waals surface area contributed by atoms with Crippen molar-refractivity contribution in [2.45, 2.75) is 10.8 Å². The lowest BCUT2D eigenvalue weighted by atomic mass is 9.90. The summed E-state index contributed by atoms with van der Waals surface area (Å²) < 4.78 is 66.3. The number of halogens is 2. The van der Waals surface area contributed by atoms with Crippen molar-refractivity contribution in [1.82, 2.24) is 9.71 Å². The van der Waals surface area contributed by atoms with Gasteiger partial charge in [-0.15, -0.1) is 0 Å². The third kappa shape index (κ3) is 4.42. The molecule has 6 nitrogen and oxygen atoms in total. The summed E-state index contributed by atoms with van der Waals surface area (Å²) in [5.41, 5.74) is 2.43. The highest BCUT2D eigenvalue weighted by atomic mass is 32.2. The van der Waals surface area contributed by atoms with Crippen LogP contribution in [-0.2, 0) is 10.0 Å². The molecular formula is C24H22F2N2O4S. The fourth-order valence-electron chi connectivity index (χ4n) is 3.88. The van der Waals surface area contributed by atoms with E-state index >= 15 is 0 Å². The predicted molar refractivity (Wildman–Crippen MR) is 121 cm³/mol.